The van der Waals surface area contributed by atoms with E-state index in [0.29, 0.717) is 38.1 Å². The van der Waals surface area contributed by atoms with Gasteiger partial charge in [-0.2, -0.15) is 0 Å². The predicted molar refractivity (Wildman–Crippen MR) is 95.9 cm³/mol. The minimum Gasteiger partial charge on any atom is -0.478 e. The van der Waals surface area contributed by atoms with Crippen LogP contribution in [0, 0.1) is 0 Å². The van der Waals surface area contributed by atoms with Gasteiger partial charge in [-0.1, -0.05) is 24.3 Å². The number of aryl methyl sites for hydroxylation is 1. The second kappa shape index (κ2) is 7.70. The fraction of sp³-hybridized carbons (Fsp3) is 0.368. The molecule has 0 saturated carbocycles. The molecule has 2 aromatic rings. The number of nitrogens with zero attached hydrogens (tertiary/aromatic N) is 1. The van der Waals surface area contributed by atoms with Gasteiger partial charge in [0.2, 0.25) is 11.5 Å². The minimum absolute atomic E-state index is 0.0760. The summed E-state index contributed by atoms with van der Waals surface area (Å²) in [7, 11) is 0. The summed E-state index contributed by atoms with van der Waals surface area (Å²) in [5, 5.41) is 11.7. The lowest BCUT2D eigenvalue weighted by atomic mass is 9.90. The molecule has 1 aromatic carbocycles. The minimum atomic E-state index is -1.26. The molecule has 0 aliphatic carbocycles. The van der Waals surface area contributed by atoms with Crippen molar-refractivity contribution in [3.8, 4) is 5.75 Å². The maximum absolute atomic E-state index is 12.4. The molecule has 0 bridgehead atoms. The van der Waals surface area contributed by atoms with E-state index in [9.17, 15) is 14.7 Å². The number of benzene rings is 1. The molecule has 5 nitrogen and oxygen atoms in total. The number of rotatable bonds is 6. The normalized spacial score (nSPS) is 16.4. The third-order valence-electron chi connectivity index (χ3n) is 4.54. The Morgan fingerprint density at radius 1 is 1.12 bits per heavy atom. The first-order chi connectivity index (χ1) is 12.1. The van der Waals surface area contributed by atoms with Crippen molar-refractivity contribution in [3.63, 3.8) is 0 Å². The molecule has 2 heterocycles. The topological polar surface area (TPSA) is 66.8 Å². The molecule has 3 rings (SSSR count). The van der Waals surface area contributed by atoms with Crippen LogP contribution in [-0.2, 0) is 16.0 Å². The molecule has 1 aliphatic heterocycles. The highest BCUT2D eigenvalue weighted by Gasteiger charge is 2.44. The molecule has 1 N–H and O–H groups in total. The van der Waals surface area contributed by atoms with Crippen LogP contribution in [-0.4, -0.2) is 40.6 Å². The number of para-hydroxylation sites is 1. The number of carboxylic acid groups (broad SMARTS) is 1. The highest BCUT2D eigenvalue weighted by molar-refractivity contribution is 7.09. The van der Waals surface area contributed by atoms with Gasteiger partial charge in [-0.15, -0.1) is 11.3 Å². The number of amides is 1. The summed E-state index contributed by atoms with van der Waals surface area (Å²) in [6, 6.07) is 13.0. The Balaban J connectivity index is 1.58. The maximum Gasteiger partial charge on any atom is 0.348 e. The lowest BCUT2D eigenvalue weighted by Gasteiger charge is -2.38. The molecule has 1 fully saturated rings. The number of ether oxygens (including phenoxy) is 1. The quantitative estimate of drug-likeness (QED) is 0.860. The number of carbonyl (C=O) groups excluding carboxylic acids is 1. The third kappa shape index (κ3) is 4.20. The summed E-state index contributed by atoms with van der Waals surface area (Å²) < 4.78 is 5.82. The van der Waals surface area contributed by atoms with Crippen molar-refractivity contribution in [1.29, 1.82) is 0 Å². The molecule has 1 amide bonds. The van der Waals surface area contributed by atoms with Crippen LogP contribution in [0.3, 0.4) is 0 Å². The van der Waals surface area contributed by atoms with Crippen LogP contribution >= 0.6 is 11.3 Å². The molecule has 1 aromatic heterocycles. The highest BCUT2D eigenvalue weighted by atomic mass is 32.1. The largest absolute Gasteiger partial charge is 0.478 e. The lowest BCUT2D eigenvalue weighted by molar-refractivity contribution is -0.161. The summed E-state index contributed by atoms with van der Waals surface area (Å²) in [5.41, 5.74) is -1.26. The van der Waals surface area contributed by atoms with Crippen LogP contribution in [0.15, 0.2) is 47.8 Å². The standard InChI is InChI=1S/C19H21NO4S/c21-17(9-8-16-7-4-14-25-16)20-12-10-19(11-13-20,18(22)23)24-15-5-2-1-3-6-15/h1-7,14H,8-13H2,(H,22,23). The van der Waals surface area contributed by atoms with Gasteiger partial charge in [-0.3, -0.25) is 4.79 Å². The van der Waals surface area contributed by atoms with Crippen molar-refractivity contribution < 1.29 is 19.4 Å². The number of thiophene rings is 1. The Labute approximate surface area is 150 Å². The molecule has 0 spiro atoms. The van der Waals surface area contributed by atoms with E-state index in [1.807, 2.05) is 35.7 Å². The van der Waals surface area contributed by atoms with E-state index < -0.39 is 11.6 Å². The Morgan fingerprint density at radius 2 is 1.84 bits per heavy atom. The molecular weight excluding hydrogens is 338 g/mol. The molecule has 0 atom stereocenters. The molecular formula is C19H21NO4S. The molecule has 0 unspecified atom stereocenters. The average Bonchev–Trinajstić information content (AvgIpc) is 3.14. The average molecular weight is 359 g/mol. The van der Waals surface area contributed by atoms with Gasteiger partial charge in [0.25, 0.3) is 0 Å². The molecule has 25 heavy (non-hydrogen) atoms. The smallest absolute Gasteiger partial charge is 0.348 e. The Hall–Kier alpha value is -2.34. The predicted octanol–water partition coefficient (Wildman–Crippen LogP) is 3.21. The van der Waals surface area contributed by atoms with Gasteiger partial charge in [-0.25, -0.2) is 4.79 Å². The van der Waals surface area contributed by atoms with Crippen LogP contribution in [0.2, 0.25) is 0 Å². The monoisotopic (exact) mass is 359 g/mol. The summed E-state index contributed by atoms with van der Waals surface area (Å²) in [5.74, 6) is -0.350. The number of likely N-dealkylation sites (tertiary alicyclic amines) is 1. The van der Waals surface area contributed by atoms with Gasteiger partial charge in [-0.05, 0) is 30.0 Å². The number of carboxylic acids is 1. The zero-order valence-corrected chi connectivity index (χ0v) is 14.7. The maximum atomic E-state index is 12.4. The van der Waals surface area contributed by atoms with Gasteiger partial charge < -0.3 is 14.7 Å². The molecule has 6 heteroatoms. The van der Waals surface area contributed by atoms with Gasteiger partial charge in [0.1, 0.15) is 5.75 Å². The summed E-state index contributed by atoms with van der Waals surface area (Å²) in [6.45, 7) is 0.810. The SMILES string of the molecule is O=C(CCc1cccs1)N1CCC(Oc2ccccc2)(C(=O)O)CC1. The second-order valence-electron chi connectivity index (χ2n) is 6.17. The molecule has 132 valence electrons. The van der Waals surface area contributed by atoms with E-state index in [1.165, 1.54) is 4.88 Å². The van der Waals surface area contributed by atoms with Crippen LogP contribution in [0.25, 0.3) is 0 Å². The van der Waals surface area contributed by atoms with Crippen LogP contribution in [0.1, 0.15) is 24.1 Å². The van der Waals surface area contributed by atoms with Crippen LogP contribution in [0.4, 0.5) is 0 Å². The fourth-order valence-corrected chi connectivity index (χ4v) is 3.74. The van der Waals surface area contributed by atoms with Crippen molar-refractivity contribution in [1.82, 2.24) is 4.90 Å². The van der Waals surface area contributed by atoms with E-state index in [1.54, 1.807) is 28.4 Å². The number of hydrogen-bond donors (Lipinski definition) is 1. The summed E-state index contributed by atoms with van der Waals surface area (Å²) in [6.07, 6.45) is 1.78. The van der Waals surface area contributed by atoms with Gasteiger partial charge in [0, 0.05) is 37.2 Å². The van der Waals surface area contributed by atoms with E-state index >= 15 is 0 Å². The van der Waals surface area contributed by atoms with Crippen molar-refractivity contribution >= 4 is 23.2 Å². The first-order valence-corrected chi connectivity index (χ1v) is 9.25. The van der Waals surface area contributed by atoms with E-state index in [-0.39, 0.29) is 5.91 Å². The van der Waals surface area contributed by atoms with Gasteiger partial charge in [0.15, 0.2) is 0 Å². The van der Waals surface area contributed by atoms with E-state index in [0.717, 1.165) is 6.42 Å². The van der Waals surface area contributed by atoms with E-state index in [2.05, 4.69) is 0 Å². The summed E-state index contributed by atoms with van der Waals surface area (Å²) in [4.78, 5) is 27.1. The van der Waals surface area contributed by atoms with Gasteiger partial charge in [0.05, 0.1) is 0 Å². The number of aliphatic carboxylic acids is 1. The lowest BCUT2D eigenvalue weighted by Crippen LogP contribution is -2.54. The Kier molecular flexibility index (Phi) is 5.38. The Morgan fingerprint density at radius 3 is 2.44 bits per heavy atom. The van der Waals surface area contributed by atoms with Crippen LogP contribution in [0.5, 0.6) is 5.75 Å². The number of hydrogen-bond acceptors (Lipinski definition) is 4. The molecule has 0 radical (unpaired) electrons. The fourth-order valence-electron chi connectivity index (χ4n) is 3.03. The number of carbonyl (C=O) groups is 2. The van der Waals surface area contributed by atoms with Crippen molar-refractivity contribution in [2.45, 2.75) is 31.3 Å². The first kappa shape index (κ1) is 17.5. The van der Waals surface area contributed by atoms with Crippen molar-refractivity contribution in [3.05, 3.63) is 52.7 Å². The first-order valence-electron chi connectivity index (χ1n) is 8.37. The van der Waals surface area contributed by atoms with Crippen molar-refractivity contribution in [2.24, 2.45) is 0 Å². The second-order valence-corrected chi connectivity index (χ2v) is 7.21. The van der Waals surface area contributed by atoms with Crippen LogP contribution < -0.4 is 4.74 Å². The zero-order chi connectivity index (χ0) is 17.7. The number of piperidine rings is 1. The van der Waals surface area contributed by atoms with Gasteiger partial charge >= 0.3 is 5.97 Å². The summed E-state index contributed by atoms with van der Waals surface area (Å²) >= 11 is 1.65. The third-order valence-corrected chi connectivity index (χ3v) is 5.47. The van der Waals surface area contributed by atoms with Crippen molar-refractivity contribution in [2.75, 3.05) is 13.1 Å². The highest BCUT2D eigenvalue weighted by Crippen LogP contribution is 2.29. The zero-order valence-electron chi connectivity index (χ0n) is 13.9. The molecule has 1 saturated heterocycles. The Bertz CT molecular complexity index is 706. The van der Waals surface area contributed by atoms with E-state index in [4.69, 9.17) is 4.74 Å². The molecule has 1 aliphatic rings.